The maximum atomic E-state index is 5.12. The third-order valence-corrected chi connectivity index (χ3v) is 3.93. The highest BCUT2D eigenvalue weighted by Crippen LogP contribution is 2.16. The molecule has 3 aromatic rings. The zero-order valence-corrected chi connectivity index (χ0v) is 12.4. The minimum atomic E-state index is 0.776. The summed E-state index contributed by atoms with van der Waals surface area (Å²) < 4.78 is 6.96. The van der Waals surface area contributed by atoms with Gasteiger partial charge in [0, 0.05) is 38.8 Å². The fraction of sp³-hybridized carbons (Fsp3) is 0.429. The Morgan fingerprint density at radius 2 is 2.05 bits per heavy atom. The smallest absolute Gasteiger partial charge is 0.175 e. The highest BCUT2D eigenvalue weighted by atomic mass is 16.5. The molecule has 0 N–H and O–H groups in total. The van der Waals surface area contributed by atoms with Crippen LogP contribution in [0.2, 0.25) is 0 Å². The summed E-state index contributed by atoms with van der Waals surface area (Å²) in [6.45, 7) is 6.54. The number of aryl methyl sites for hydroxylation is 1. The molecule has 3 aromatic heterocycles. The van der Waals surface area contributed by atoms with Crippen molar-refractivity contribution in [3.05, 3.63) is 36.2 Å². The third-order valence-electron chi connectivity index (χ3n) is 3.93. The Kier molecular flexibility index (Phi) is 3.23. The molecule has 4 heterocycles. The van der Waals surface area contributed by atoms with E-state index in [9.17, 15) is 0 Å². The average Bonchev–Trinajstić information content (AvgIpc) is 3.16. The van der Waals surface area contributed by atoms with Gasteiger partial charge in [0.25, 0.3) is 0 Å². The summed E-state index contributed by atoms with van der Waals surface area (Å²) in [6.07, 6.45) is 5.13. The summed E-state index contributed by atoms with van der Waals surface area (Å²) in [4.78, 5) is 13.1. The van der Waals surface area contributed by atoms with E-state index in [1.54, 1.807) is 12.5 Å². The predicted octanol–water partition coefficient (Wildman–Crippen LogP) is 0.743. The summed E-state index contributed by atoms with van der Waals surface area (Å²) >= 11 is 0. The summed E-state index contributed by atoms with van der Waals surface area (Å²) in [5.41, 5.74) is 1.77. The number of hydrogen-bond donors (Lipinski definition) is 0. The molecular weight excluding hydrogens is 282 g/mol. The minimum Gasteiger partial charge on any atom is -0.361 e. The fourth-order valence-electron chi connectivity index (χ4n) is 2.81. The highest BCUT2D eigenvalue weighted by Gasteiger charge is 2.20. The lowest BCUT2D eigenvalue weighted by Gasteiger charge is -2.35. The van der Waals surface area contributed by atoms with Gasteiger partial charge in [-0.2, -0.15) is 9.61 Å². The van der Waals surface area contributed by atoms with Crippen LogP contribution in [0.4, 0.5) is 5.82 Å². The molecule has 8 heteroatoms. The Balaban J connectivity index is 1.44. The molecule has 1 fully saturated rings. The monoisotopic (exact) mass is 299 g/mol. The van der Waals surface area contributed by atoms with Crippen molar-refractivity contribution in [2.45, 2.75) is 13.5 Å². The molecule has 1 aliphatic rings. The van der Waals surface area contributed by atoms with Crippen LogP contribution in [0.3, 0.4) is 0 Å². The van der Waals surface area contributed by atoms with Crippen molar-refractivity contribution in [2.24, 2.45) is 0 Å². The lowest BCUT2D eigenvalue weighted by molar-refractivity contribution is 0.241. The Morgan fingerprint density at radius 3 is 2.82 bits per heavy atom. The first-order chi connectivity index (χ1) is 10.8. The van der Waals surface area contributed by atoms with Gasteiger partial charge in [0.15, 0.2) is 11.5 Å². The molecule has 1 aliphatic heterocycles. The topological polar surface area (TPSA) is 75.6 Å². The molecule has 0 aliphatic carbocycles. The number of piperazine rings is 1. The van der Waals surface area contributed by atoms with Gasteiger partial charge < -0.3 is 9.42 Å². The van der Waals surface area contributed by atoms with Crippen LogP contribution in [-0.2, 0) is 6.54 Å². The number of fused-ring (bicyclic) bond motifs is 1. The van der Waals surface area contributed by atoms with E-state index in [-0.39, 0.29) is 0 Å². The van der Waals surface area contributed by atoms with Crippen LogP contribution >= 0.6 is 0 Å². The molecule has 22 heavy (non-hydrogen) atoms. The van der Waals surface area contributed by atoms with Crippen molar-refractivity contribution < 1.29 is 4.52 Å². The van der Waals surface area contributed by atoms with Gasteiger partial charge in [-0.25, -0.2) is 4.98 Å². The normalized spacial score (nSPS) is 16.5. The Hall–Kier alpha value is -2.48. The van der Waals surface area contributed by atoms with Crippen molar-refractivity contribution >= 4 is 11.5 Å². The van der Waals surface area contributed by atoms with E-state index in [1.807, 2.05) is 23.7 Å². The van der Waals surface area contributed by atoms with Crippen LogP contribution < -0.4 is 4.90 Å². The van der Waals surface area contributed by atoms with Crippen molar-refractivity contribution in [1.82, 2.24) is 29.6 Å². The zero-order valence-electron chi connectivity index (χ0n) is 12.4. The van der Waals surface area contributed by atoms with Crippen LogP contribution in [0.25, 0.3) is 5.65 Å². The van der Waals surface area contributed by atoms with Gasteiger partial charge in [0.2, 0.25) is 0 Å². The predicted molar refractivity (Wildman–Crippen MR) is 79.5 cm³/mol. The van der Waals surface area contributed by atoms with Gasteiger partial charge in [-0.05, 0) is 6.92 Å². The van der Waals surface area contributed by atoms with E-state index in [0.717, 1.165) is 55.6 Å². The number of anilines is 1. The first-order valence-corrected chi connectivity index (χ1v) is 7.33. The molecule has 8 nitrogen and oxygen atoms in total. The molecule has 4 rings (SSSR count). The maximum absolute atomic E-state index is 5.12. The second kappa shape index (κ2) is 5.38. The molecule has 0 atom stereocenters. The molecular formula is C14H17N7O. The van der Waals surface area contributed by atoms with Crippen molar-refractivity contribution in [3.8, 4) is 0 Å². The summed E-state index contributed by atoms with van der Waals surface area (Å²) in [5, 5.41) is 8.33. The molecule has 0 spiro atoms. The van der Waals surface area contributed by atoms with Crippen LogP contribution in [0, 0.1) is 6.92 Å². The van der Waals surface area contributed by atoms with Gasteiger partial charge in [-0.15, -0.1) is 0 Å². The van der Waals surface area contributed by atoms with Crippen LogP contribution in [-0.4, -0.2) is 55.8 Å². The molecule has 0 amide bonds. The van der Waals surface area contributed by atoms with E-state index < -0.39 is 0 Å². The number of aromatic nitrogens is 5. The van der Waals surface area contributed by atoms with Crippen molar-refractivity contribution in [3.63, 3.8) is 0 Å². The van der Waals surface area contributed by atoms with E-state index in [1.165, 1.54) is 0 Å². The quantitative estimate of drug-likeness (QED) is 0.706. The molecule has 0 unspecified atom stereocenters. The second-order valence-corrected chi connectivity index (χ2v) is 5.49. The first kappa shape index (κ1) is 13.2. The van der Waals surface area contributed by atoms with Crippen molar-refractivity contribution in [1.29, 1.82) is 0 Å². The first-order valence-electron chi connectivity index (χ1n) is 7.33. The van der Waals surface area contributed by atoms with Gasteiger partial charge in [0.05, 0.1) is 18.1 Å². The SMILES string of the molecule is Cc1cc(CN2CCN(c3cncc4ncnn34)CC2)no1. The van der Waals surface area contributed by atoms with Gasteiger partial charge in [-0.3, -0.25) is 9.88 Å². The number of hydrogen-bond acceptors (Lipinski definition) is 7. The van der Waals surface area contributed by atoms with E-state index in [0.29, 0.717) is 0 Å². The lowest BCUT2D eigenvalue weighted by atomic mass is 10.3. The molecule has 0 saturated carbocycles. The van der Waals surface area contributed by atoms with Crippen molar-refractivity contribution in [2.75, 3.05) is 31.1 Å². The zero-order chi connectivity index (χ0) is 14.9. The van der Waals surface area contributed by atoms with Crippen LogP contribution in [0.1, 0.15) is 11.5 Å². The number of nitrogens with zero attached hydrogens (tertiary/aromatic N) is 7. The lowest BCUT2D eigenvalue weighted by Crippen LogP contribution is -2.46. The molecule has 0 radical (unpaired) electrons. The summed E-state index contributed by atoms with van der Waals surface area (Å²) in [5.74, 6) is 1.85. The molecule has 0 bridgehead atoms. The molecule has 114 valence electrons. The fourth-order valence-corrected chi connectivity index (χ4v) is 2.81. The Labute approximate surface area is 127 Å². The minimum absolute atomic E-state index is 0.776. The Bertz CT molecular complexity index is 772. The van der Waals surface area contributed by atoms with Gasteiger partial charge in [-0.1, -0.05) is 5.16 Å². The summed E-state index contributed by atoms with van der Waals surface area (Å²) in [7, 11) is 0. The van der Waals surface area contributed by atoms with Crippen LogP contribution in [0.5, 0.6) is 0 Å². The number of rotatable bonds is 3. The van der Waals surface area contributed by atoms with Gasteiger partial charge >= 0.3 is 0 Å². The standard InChI is InChI=1S/C14H17N7O/c1-11-6-12(18-22-11)9-19-2-4-20(5-3-19)14-8-15-7-13-16-10-17-21(13)14/h6-8,10H,2-5,9H2,1H3. The largest absolute Gasteiger partial charge is 0.361 e. The molecule has 0 aromatic carbocycles. The van der Waals surface area contributed by atoms with Crippen LogP contribution in [0.15, 0.2) is 29.3 Å². The highest BCUT2D eigenvalue weighted by molar-refractivity contribution is 5.46. The second-order valence-electron chi connectivity index (χ2n) is 5.49. The average molecular weight is 299 g/mol. The summed E-state index contributed by atoms with van der Waals surface area (Å²) in [6, 6.07) is 1.99. The van der Waals surface area contributed by atoms with E-state index in [4.69, 9.17) is 4.52 Å². The third kappa shape index (κ3) is 2.41. The molecule has 1 saturated heterocycles. The van der Waals surface area contributed by atoms with Gasteiger partial charge in [0.1, 0.15) is 12.1 Å². The maximum Gasteiger partial charge on any atom is 0.175 e. The van der Waals surface area contributed by atoms with E-state index >= 15 is 0 Å². The van der Waals surface area contributed by atoms with E-state index in [2.05, 4.69) is 30.0 Å². The Morgan fingerprint density at radius 1 is 1.18 bits per heavy atom.